The van der Waals surface area contributed by atoms with Crippen molar-refractivity contribution in [1.29, 1.82) is 0 Å². The highest BCUT2D eigenvalue weighted by Crippen LogP contribution is 2.27. The Hall–Kier alpha value is -3.92. The molecule has 40 heavy (non-hydrogen) atoms. The number of sulfonamides is 1. The van der Waals surface area contributed by atoms with E-state index in [1.807, 2.05) is 13.8 Å². The number of nitrogens with one attached hydrogen (secondary N) is 1. The number of hydrogen-bond donors (Lipinski definition) is 1. The van der Waals surface area contributed by atoms with Crippen molar-refractivity contribution in [3.05, 3.63) is 90.2 Å². The fourth-order valence-electron chi connectivity index (χ4n) is 4.14. The van der Waals surface area contributed by atoms with E-state index < -0.39 is 34.3 Å². The third-order valence-electron chi connectivity index (χ3n) is 6.29. The van der Waals surface area contributed by atoms with Crippen molar-refractivity contribution in [2.24, 2.45) is 5.92 Å². The number of hydrogen-bond acceptors (Lipinski definition) is 5. The van der Waals surface area contributed by atoms with Crippen LogP contribution in [0.25, 0.3) is 0 Å². The molecule has 0 heterocycles. The van der Waals surface area contributed by atoms with Gasteiger partial charge in [-0.1, -0.05) is 57.2 Å². The molecule has 0 spiro atoms. The van der Waals surface area contributed by atoms with E-state index in [9.17, 15) is 22.4 Å². The van der Waals surface area contributed by atoms with Crippen LogP contribution < -0.4 is 14.4 Å². The number of amides is 2. The summed E-state index contributed by atoms with van der Waals surface area (Å²) in [5.41, 5.74) is 0.833. The van der Waals surface area contributed by atoms with Crippen LogP contribution in [0.4, 0.5) is 10.1 Å². The Balaban J connectivity index is 2.05. The molecule has 3 aromatic carbocycles. The highest BCUT2D eigenvalue weighted by atomic mass is 32.2. The van der Waals surface area contributed by atoms with Gasteiger partial charge in [-0.3, -0.25) is 13.9 Å². The lowest BCUT2D eigenvalue weighted by Gasteiger charge is -2.33. The number of carbonyl (C=O) groups excluding carboxylic acids is 2. The van der Waals surface area contributed by atoms with E-state index in [1.165, 1.54) is 54.5 Å². The highest BCUT2D eigenvalue weighted by Gasteiger charge is 2.33. The van der Waals surface area contributed by atoms with E-state index in [-0.39, 0.29) is 29.0 Å². The molecule has 0 aliphatic carbocycles. The van der Waals surface area contributed by atoms with Crippen LogP contribution >= 0.6 is 0 Å². The summed E-state index contributed by atoms with van der Waals surface area (Å²) in [6.07, 6.45) is 0.293. The van der Waals surface area contributed by atoms with Gasteiger partial charge in [0.2, 0.25) is 11.8 Å². The van der Waals surface area contributed by atoms with Gasteiger partial charge in [0.1, 0.15) is 24.2 Å². The van der Waals surface area contributed by atoms with Crippen LogP contribution in [0.1, 0.15) is 32.8 Å². The summed E-state index contributed by atoms with van der Waals surface area (Å²) in [5, 5.41) is 2.88. The van der Waals surface area contributed by atoms with Crippen LogP contribution in [0.3, 0.4) is 0 Å². The molecule has 0 bridgehead atoms. The van der Waals surface area contributed by atoms with E-state index in [0.717, 1.165) is 4.31 Å². The van der Waals surface area contributed by atoms with Crippen LogP contribution in [-0.4, -0.2) is 51.4 Å². The standard InChI is InChI=1S/C30H36FN3O5S/c1-5-28(30(36)32-19-22(2)3)33(20-23-14-16-24(31)17-15-23)29(35)21-34(25-10-9-11-26(18-25)39-4)40(37,38)27-12-7-6-8-13-27/h6-18,22,28H,5,19-21H2,1-4H3,(H,32,36). The fraction of sp³-hybridized carbons (Fsp3) is 0.333. The van der Waals surface area contributed by atoms with Crippen LogP contribution in [0.15, 0.2) is 83.8 Å². The Morgan fingerprint density at radius 1 is 0.975 bits per heavy atom. The second-order valence-corrected chi connectivity index (χ2v) is 11.6. The molecule has 0 aromatic heterocycles. The molecule has 1 atom stereocenters. The van der Waals surface area contributed by atoms with Crippen molar-refractivity contribution in [2.75, 3.05) is 24.5 Å². The van der Waals surface area contributed by atoms with Crippen LogP contribution in [0, 0.1) is 11.7 Å². The van der Waals surface area contributed by atoms with Crippen molar-refractivity contribution in [2.45, 2.75) is 44.7 Å². The number of carbonyl (C=O) groups is 2. The number of halogens is 1. The third kappa shape index (κ3) is 7.81. The lowest BCUT2D eigenvalue weighted by atomic mass is 10.1. The van der Waals surface area contributed by atoms with Crippen LogP contribution in [0.2, 0.25) is 0 Å². The summed E-state index contributed by atoms with van der Waals surface area (Å²) in [4.78, 5) is 28.6. The van der Waals surface area contributed by atoms with Gasteiger partial charge in [0.05, 0.1) is 17.7 Å². The van der Waals surface area contributed by atoms with Gasteiger partial charge in [0.15, 0.2) is 0 Å². The maximum Gasteiger partial charge on any atom is 0.264 e. The molecule has 0 saturated carbocycles. The van der Waals surface area contributed by atoms with Crippen LogP contribution in [0.5, 0.6) is 5.75 Å². The van der Waals surface area contributed by atoms with Gasteiger partial charge >= 0.3 is 0 Å². The number of rotatable bonds is 13. The van der Waals surface area contributed by atoms with E-state index in [4.69, 9.17) is 4.74 Å². The van der Waals surface area contributed by atoms with Crippen molar-refractivity contribution < 1.29 is 27.1 Å². The molecule has 3 rings (SSSR count). The van der Waals surface area contributed by atoms with Gasteiger partial charge < -0.3 is 15.0 Å². The van der Waals surface area contributed by atoms with Crippen molar-refractivity contribution in [3.8, 4) is 5.75 Å². The second-order valence-electron chi connectivity index (χ2n) is 9.74. The van der Waals surface area contributed by atoms with E-state index in [1.54, 1.807) is 43.3 Å². The zero-order chi connectivity index (χ0) is 29.3. The Labute approximate surface area is 235 Å². The number of nitrogens with zero attached hydrogens (tertiary/aromatic N) is 2. The summed E-state index contributed by atoms with van der Waals surface area (Å²) < 4.78 is 47.6. The van der Waals surface area contributed by atoms with Crippen molar-refractivity contribution in [3.63, 3.8) is 0 Å². The molecule has 3 aromatic rings. The second kappa shape index (κ2) is 13.9. The SMILES string of the molecule is CCC(C(=O)NCC(C)C)N(Cc1ccc(F)cc1)C(=O)CN(c1cccc(OC)c1)S(=O)(=O)c1ccccc1. The molecule has 0 aliphatic heterocycles. The van der Waals surface area contributed by atoms with E-state index >= 15 is 0 Å². The van der Waals surface area contributed by atoms with Crippen molar-refractivity contribution in [1.82, 2.24) is 10.2 Å². The first-order valence-electron chi connectivity index (χ1n) is 13.1. The molecule has 1 unspecified atom stereocenters. The van der Waals surface area contributed by atoms with Crippen LogP contribution in [-0.2, 0) is 26.2 Å². The number of methoxy groups -OCH3 is 1. The minimum atomic E-state index is -4.18. The van der Waals surface area contributed by atoms with Gasteiger partial charge in [0.25, 0.3) is 10.0 Å². The molecular weight excluding hydrogens is 533 g/mol. The molecule has 0 fully saturated rings. The van der Waals surface area contributed by atoms with Gasteiger partial charge in [-0.25, -0.2) is 12.8 Å². The Morgan fingerprint density at radius 2 is 1.65 bits per heavy atom. The monoisotopic (exact) mass is 569 g/mol. The third-order valence-corrected chi connectivity index (χ3v) is 8.08. The molecule has 0 radical (unpaired) electrons. The highest BCUT2D eigenvalue weighted by molar-refractivity contribution is 7.92. The molecule has 2 amide bonds. The predicted octanol–water partition coefficient (Wildman–Crippen LogP) is 4.61. The summed E-state index contributed by atoms with van der Waals surface area (Å²) in [6.45, 7) is 5.55. The number of anilines is 1. The molecule has 214 valence electrons. The van der Waals surface area contributed by atoms with Gasteiger partial charge in [-0.05, 0) is 54.3 Å². The van der Waals surface area contributed by atoms with Crippen molar-refractivity contribution >= 4 is 27.5 Å². The maximum absolute atomic E-state index is 14.0. The maximum atomic E-state index is 14.0. The minimum Gasteiger partial charge on any atom is -0.497 e. The smallest absolute Gasteiger partial charge is 0.264 e. The van der Waals surface area contributed by atoms with Gasteiger partial charge in [0, 0.05) is 19.2 Å². The lowest BCUT2D eigenvalue weighted by molar-refractivity contribution is -0.140. The number of ether oxygens (including phenoxy) is 1. The predicted molar refractivity (Wildman–Crippen MR) is 153 cm³/mol. The quantitative estimate of drug-likeness (QED) is 0.324. The summed E-state index contributed by atoms with van der Waals surface area (Å²) in [7, 11) is -2.72. The van der Waals surface area contributed by atoms with Gasteiger partial charge in [-0.2, -0.15) is 0 Å². The zero-order valence-corrected chi connectivity index (χ0v) is 24.0. The molecule has 0 saturated heterocycles. The molecular formula is C30H36FN3O5S. The summed E-state index contributed by atoms with van der Waals surface area (Å²) in [5.74, 6) is -0.742. The first kappa shape index (κ1) is 30.6. The number of benzene rings is 3. The Bertz CT molecular complexity index is 1380. The topological polar surface area (TPSA) is 96.0 Å². The first-order valence-corrected chi connectivity index (χ1v) is 14.5. The van der Waals surface area contributed by atoms with E-state index in [0.29, 0.717) is 24.3 Å². The molecule has 0 aliphatic rings. The fourth-order valence-corrected chi connectivity index (χ4v) is 5.57. The molecule has 1 N–H and O–H groups in total. The zero-order valence-electron chi connectivity index (χ0n) is 23.2. The Kier molecular flexibility index (Phi) is 10.7. The van der Waals surface area contributed by atoms with E-state index in [2.05, 4.69) is 5.32 Å². The minimum absolute atomic E-state index is 0.00987. The first-order chi connectivity index (χ1) is 19.1. The largest absolute Gasteiger partial charge is 0.497 e. The summed E-state index contributed by atoms with van der Waals surface area (Å²) >= 11 is 0. The average Bonchev–Trinajstić information content (AvgIpc) is 2.95. The normalized spacial score (nSPS) is 12.1. The summed E-state index contributed by atoms with van der Waals surface area (Å²) in [6, 6.07) is 19.0. The Morgan fingerprint density at radius 3 is 2.25 bits per heavy atom. The lowest BCUT2D eigenvalue weighted by Crippen LogP contribution is -2.52. The average molecular weight is 570 g/mol. The van der Waals surface area contributed by atoms with Gasteiger partial charge in [-0.15, -0.1) is 0 Å². The molecule has 8 nitrogen and oxygen atoms in total. The molecule has 10 heteroatoms.